The van der Waals surface area contributed by atoms with E-state index in [1.165, 1.54) is 0 Å². The summed E-state index contributed by atoms with van der Waals surface area (Å²) >= 11 is 3.31. The van der Waals surface area contributed by atoms with E-state index in [9.17, 15) is 0 Å². The van der Waals surface area contributed by atoms with Gasteiger partial charge in [-0.05, 0) is 24.6 Å². The minimum Gasteiger partial charge on any atom is -0.324 e. The first-order chi connectivity index (χ1) is 6.24. The van der Waals surface area contributed by atoms with Crippen LogP contribution in [0.1, 0.15) is 13.3 Å². The first-order valence-electron chi connectivity index (χ1n) is 4.07. The zero-order valence-electron chi connectivity index (χ0n) is 7.76. The van der Waals surface area contributed by atoms with E-state index < -0.39 is 0 Å². The molecule has 13 heavy (non-hydrogen) atoms. The molecular formula is C10H15BrN2. The fourth-order valence-corrected chi connectivity index (χ4v) is 0.978. The Bertz CT molecular complexity index is 248. The van der Waals surface area contributed by atoms with Gasteiger partial charge in [-0.15, -0.1) is 6.58 Å². The molecule has 1 aromatic rings. The van der Waals surface area contributed by atoms with E-state index in [4.69, 9.17) is 5.84 Å². The molecule has 0 unspecified atom stereocenters. The summed E-state index contributed by atoms with van der Waals surface area (Å²) in [6.07, 6.45) is 2.96. The highest BCUT2D eigenvalue weighted by Gasteiger charge is 1.86. The maximum atomic E-state index is 5.15. The number of allylic oxidation sites excluding steroid dienone is 1. The van der Waals surface area contributed by atoms with E-state index >= 15 is 0 Å². The van der Waals surface area contributed by atoms with Gasteiger partial charge in [0.15, 0.2) is 0 Å². The number of hydrogen-bond donors (Lipinski definition) is 2. The minimum absolute atomic E-state index is 0.907. The molecule has 3 heteroatoms. The summed E-state index contributed by atoms with van der Waals surface area (Å²) in [5, 5.41) is 0. The molecule has 3 N–H and O–H groups in total. The first kappa shape index (κ1) is 12.2. The Kier molecular flexibility index (Phi) is 7.35. The summed E-state index contributed by atoms with van der Waals surface area (Å²) < 4.78 is 1.03. The zero-order valence-corrected chi connectivity index (χ0v) is 9.34. The van der Waals surface area contributed by atoms with Crippen LogP contribution in [0.5, 0.6) is 0 Å². The van der Waals surface area contributed by atoms with Gasteiger partial charge in [-0.25, -0.2) is 0 Å². The standard InChI is InChI=1S/C6H7BrN2.C4H8/c7-5-2-1-3-6(4-5)9-8;1-3-4-2/h1-4,9H,8H2;3H,1,4H2,2H3. The Hall–Kier alpha value is -0.800. The highest BCUT2D eigenvalue weighted by Crippen LogP contribution is 2.13. The van der Waals surface area contributed by atoms with Crippen molar-refractivity contribution in [2.75, 3.05) is 5.43 Å². The average molecular weight is 243 g/mol. The molecule has 2 nitrogen and oxygen atoms in total. The van der Waals surface area contributed by atoms with Crippen LogP contribution in [-0.2, 0) is 0 Å². The molecule has 0 heterocycles. The smallest absolute Gasteiger partial charge is 0.0496 e. The van der Waals surface area contributed by atoms with Gasteiger partial charge in [-0.1, -0.05) is 35.0 Å². The third kappa shape index (κ3) is 6.37. The SMILES string of the molecule is C=CCC.NNc1cccc(Br)c1. The lowest BCUT2D eigenvalue weighted by atomic mass is 10.3. The van der Waals surface area contributed by atoms with Crippen LogP contribution >= 0.6 is 15.9 Å². The van der Waals surface area contributed by atoms with Crippen molar-refractivity contribution < 1.29 is 0 Å². The monoisotopic (exact) mass is 242 g/mol. The van der Waals surface area contributed by atoms with Gasteiger partial charge in [0.05, 0.1) is 0 Å². The molecule has 0 bridgehead atoms. The Morgan fingerprint density at radius 3 is 2.54 bits per heavy atom. The number of benzene rings is 1. The average Bonchev–Trinajstić information content (AvgIpc) is 2.18. The normalized spacial score (nSPS) is 8.23. The summed E-state index contributed by atoms with van der Waals surface area (Å²) in [7, 11) is 0. The Morgan fingerprint density at radius 1 is 1.62 bits per heavy atom. The summed E-state index contributed by atoms with van der Waals surface area (Å²) in [6, 6.07) is 7.66. The van der Waals surface area contributed by atoms with Gasteiger partial charge in [0.1, 0.15) is 0 Å². The van der Waals surface area contributed by atoms with Crippen molar-refractivity contribution in [2.24, 2.45) is 5.84 Å². The second kappa shape index (κ2) is 7.83. The Balaban J connectivity index is 0.000000310. The predicted octanol–water partition coefficient (Wildman–Crippen LogP) is 3.32. The predicted molar refractivity (Wildman–Crippen MR) is 62.4 cm³/mol. The lowest BCUT2D eigenvalue weighted by Crippen LogP contribution is -2.05. The molecule has 0 fully saturated rings. The largest absolute Gasteiger partial charge is 0.324 e. The van der Waals surface area contributed by atoms with Crippen LogP contribution in [0.2, 0.25) is 0 Å². The number of halogens is 1. The molecule has 0 aliphatic carbocycles. The molecule has 0 amide bonds. The number of nitrogens with two attached hydrogens (primary N) is 1. The summed E-state index contributed by atoms with van der Waals surface area (Å²) in [4.78, 5) is 0. The van der Waals surface area contributed by atoms with Crippen LogP contribution in [0.15, 0.2) is 41.4 Å². The topological polar surface area (TPSA) is 38.0 Å². The van der Waals surface area contributed by atoms with Gasteiger partial charge in [0.25, 0.3) is 0 Å². The summed E-state index contributed by atoms with van der Waals surface area (Å²) in [6.45, 7) is 5.54. The lowest BCUT2D eigenvalue weighted by molar-refractivity contribution is 1.23. The van der Waals surface area contributed by atoms with Crippen LogP contribution in [0, 0.1) is 0 Å². The lowest BCUT2D eigenvalue weighted by Gasteiger charge is -1.97. The molecule has 1 aromatic carbocycles. The van der Waals surface area contributed by atoms with Crippen molar-refractivity contribution >= 4 is 21.6 Å². The molecule has 0 aliphatic rings. The van der Waals surface area contributed by atoms with Crippen LogP contribution < -0.4 is 11.3 Å². The first-order valence-corrected chi connectivity index (χ1v) is 4.87. The zero-order chi connectivity index (χ0) is 10.1. The summed E-state index contributed by atoms with van der Waals surface area (Å²) in [5.74, 6) is 5.15. The number of hydrazine groups is 1. The molecule has 0 radical (unpaired) electrons. The molecule has 0 aliphatic heterocycles. The van der Waals surface area contributed by atoms with Crippen LogP contribution in [0.4, 0.5) is 5.69 Å². The fraction of sp³-hybridized carbons (Fsp3) is 0.200. The van der Waals surface area contributed by atoms with Crippen molar-refractivity contribution in [1.82, 2.24) is 0 Å². The van der Waals surface area contributed by atoms with E-state index in [1.807, 2.05) is 30.3 Å². The Labute approximate surface area is 87.9 Å². The van der Waals surface area contributed by atoms with Crippen LogP contribution in [0.3, 0.4) is 0 Å². The quantitative estimate of drug-likeness (QED) is 0.475. The van der Waals surface area contributed by atoms with E-state index in [0.29, 0.717) is 0 Å². The second-order valence-corrected chi connectivity index (χ2v) is 3.27. The van der Waals surface area contributed by atoms with Crippen molar-refractivity contribution in [3.05, 3.63) is 41.4 Å². The number of nitrogen functional groups attached to an aromatic ring is 1. The molecule has 0 atom stereocenters. The number of anilines is 1. The van der Waals surface area contributed by atoms with Gasteiger partial charge in [0, 0.05) is 10.2 Å². The van der Waals surface area contributed by atoms with E-state index in [0.717, 1.165) is 16.6 Å². The molecule has 72 valence electrons. The number of hydrogen-bond acceptors (Lipinski definition) is 2. The van der Waals surface area contributed by atoms with Gasteiger partial charge in [0.2, 0.25) is 0 Å². The minimum atomic E-state index is 0.907. The second-order valence-electron chi connectivity index (χ2n) is 2.35. The molecule has 0 saturated carbocycles. The van der Waals surface area contributed by atoms with E-state index in [1.54, 1.807) is 0 Å². The number of rotatable bonds is 2. The molecule has 0 aromatic heterocycles. The van der Waals surface area contributed by atoms with Gasteiger partial charge in [-0.2, -0.15) is 0 Å². The third-order valence-corrected chi connectivity index (χ3v) is 1.77. The highest BCUT2D eigenvalue weighted by molar-refractivity contribution is 9.10. The molecular weight excluding hydrogens is 228 g/mol. The Morgan fingerprint density at radius 2 is 2.23 bits per heavy atom. The molecule has 0 saturated heterocycles. The number of nitrogens with one attached hydrogen (secondary N) is 1. The van der Waals surface area contributed by atoms with Crippen LogP contribution in [0.25, 0.3) is 0 Å². The van der Waals surface area contributed by atoms with Gasteiger partial charge in [-0.3, -0.25) is 5.84 Å². The maximum absolute atomic E-state index is 5.15. The van der Waals surface area contributed by atoms with Crippen molar-refractivity contribution in [3.63, 3.8) is 0 Å². The van der Waals surface area contributed by atoms with Crippen molar-refractivity contribution in [3.8, 4) is 0 Å². The molecule has 0 spiro atoms. The van der Waals surface area contributed by atoms with Crippen LogP contribution in [-0.4, -0.2) is 0 Å². The van der Waals surface area contributed by atoms with E-state index in [2.05, 4.69) is 34.9 Å². The molecule has 1 rings (SSSR count). The van der Waals surface area contributed by atoms with Crippen molar-refractivity contribution in [2.45, 2.75) is 13.3 Å². The maximum Gasteiger partial charge on any atom is 0.0496 e. The fourth-order valence-electron chi connectivity index (χ4n) is 0.578. The van der Waals surface area contributed by atoms with E-state index in [-0.39, 0.29) is 0 Å². The van der Waals surface area contributed by atoms with Crippen molar-refractivity contribution in [1.29, 1.82) is 0 Å². The summed E-state index contributed by atoms with van der Waals surface area (Å²) in [5.41, 5.74) is 3.44. The third-order valence-electron chi connectivity index (χ3n) is 1.28. The van der Waals surface area contributed by atoms with Gasteiger partial charge < -0.3 is 5.43 Å². The van der Waals surface area contributed by atoms with Gasteiger partial charge >= 0.3 is 0 Å². The highest BCUT2D eigenvalue weighted by atomic mass is 79.9.